The lowest BCUT2D eigenvalue weighted by Gasteiger charge is -2.04. The number of amides is 1. The van der Waals surface area contributed by atoms with Gasteiger partial charge in [0.2, 0.25) is 5.95 Å². The predicted molar refractivity (Wildman–Crippen MR) is 65.8 cm³/mol. The normalized spacial score (nSPS) is 10.2. The van der Waals surface area contributed by atoms with Crippen LogP contribution in [0.4, 0.5) is 10.2 Å². The molecule has 17 heavy (non-hydrogen) atoms. The lowest BCUT2D eigenvalue weighted by molar-refractivity contribution is 0.102. The molecule has 0 bridgehead atoms. The number of halogens is 1. The van der Waals surface area contributed by atoms with Crippen molar-refractivity contribution < 1.29 is 9.18 Å². The second-order valence-corrected chi connectivity index (χ2v) is 4.34. The van der Waals surface area contributed by atoms with Crippen molar-refractivity contribution in [3.05, 3.63) is 46.0 Å². The van der Waals surface area contributed by atoms with Crippen molar-refractivity contribution in [3.63, 3.8) is 0 Å². The van der Waals surface area contributed by atoms with Gasteiger partial charge in [-0.1, -0.05) is 13.0 Å². The highest BCUT2D eigenvalue weighted by Gasteiger charge is 2.12. The van der Waals surface area contributed by atoms with Crippen LogP contribution in [0.25, 0.3) is 0 Å². The lowest BCUT2D eigenvalue weighted by Crippen LogP contribution is -2.13. The quantitative estimate of drug-likeness (QED) is 0.850. The van der Waals surface area contributed by atoms with Crippen LogP contribution in [-0.4, -0.2) is 10.9 Å². The molecule has 2 heterocycles. The second-order valence-electron chi connectivity index (χ2n) is 3.43. The minimum atomic E-state index is -0.607. The molecular weight excluding hydrogens is 239 g/mol. The number of carbonyl (C=O) groups is 1. The fourth-order valence-corrected chi connectivity index (χ4v) is 2.35. The van der Waals surface area contributed by atoms with Gasteiger partial charge in [0, 0.05) is 0 Å². The SMILES string of the molecule is CCc1ccsc1C(=O)Nc1cccc(F)n1. The van der Waals surface area contributed by atoms with Crippen molar-refractivity contribution in [1.82, 2.24) is 4.98 Å². The zero-order chi connectivity index (χ0) is 12.3. The van der Waals surface area contributed by atoms with Gasteiger partial charge >= 0.3 is 0 Å². The van der Waals surface area contributed by atoms with Crippen LogP contribution < -0.4 is 5.32 Å². The molecule has 2 rings (SSSR count). The minimum absolute atomic E-state index is 0.227. The average molecular weight is 250 g/mol. The van der Waals surface area contributed by atoms with Crippen LogP contribution >= 0.6 is 11.3 Å². The van der Waals surface area contributed by atoms with Gasteiger partial charge in [-0.05, 0) is 35.6 Å². The van der Waals surface area contributed by atoms with E-state index in [0.717, 1.165) is 12.0 Å². The van der Waals surface area contributed by atoms with E-state index in [4.69, 9.17) is 0 Å². The second kappa shape index (κ2) is 5.05. The van der Waals surface area contributed by atoms with Crippen molar-refractivity contribution in [1.29, 1.82) is 0 Å². The fourth-order valence-electron chi connectivity index (χ4n) is 1.46. The number of carbonyl (C=O) groups excluding carboxylic acids is 1. The molecule has 3 nitrogen and oxygen atoms in total. The summed E-state index contributed by atoms with van der Waals surface area (Å²) in [6.07, 6.45) is 0.794. The molecule has 1 amide bonds. The first kappa shape index (κ1) is 11.7. The van der Waals surface area contributed by atoms with Gasteiger partial charge in [-0.15, -0.1) is 11.3 Å². The Morgan fingerprint density at radius 1 is 1.47 bits per heavy atom. The summed E-state index contributed by atoms with van der Waals surface area (Å²) in [5, 5.41) is 4.45. The molecule has 0 radical (unpaired) electrons. The molecule has 0 aliphatic heterocycles. The maximum Gasteiger partial charge on any atom is 0.267 e. The number of nitrogens with one attached hydrogen (secondary N) is 1. The molecule has 0 aromatic carbocycles. The van der Waals surface area contributed by atoms with Crippen LogP contribution in [0.1, 0.15) is 22.2 Å². The third kappa shape index (κ3) is 2.68. The molecule has 0 spiro atoms. The number of aryl methyl sites for hydroxylation is 1. The first-order chi connectivity index (χ1) is 8.20. The van der Waals surface area contributed by atoms with Crippen LogP contribution in [-0.2, 0) is 6.42 Å². The molecule has 0 saturated carbocycles. The van der Waals surface area contributed by atoms with Crippen LogP contribution in [0.2, 0.25) is 0 Å². The van der Waals surface area contributed by atoms with Gasteiger partial charge in [-0.3, -0.25) is 4.79 Å². The van der Waals surface area contributed by atoms with E-state index in [1.807, 2.05) is 18.4 Å². The molecule has 0 aliphatic carbocycles. The Morgan fingerprint density at radius 2 is 2.29 bits per heavy atom. The number of pyridine rings is 1. The topological polar surface area (TPSA) is 42.0 Å². The van der Waals surface area contributed by atoms with E-state index in [-0.39, 0.29) is 11.7 Å². The summed E-state index contributed by atoms with van der Waals surface area (Å²) < 4.78 is 12.8. The molecule has 0 saturated heterocycles. The van der Waals surface area contributed by atoms with Gasteiger partial charge < -0.3 is 5.32 Å². The molecule has 0 unspecified atom stereocenters. The Bertz CT molecular complexity index is 539. The number of aromatic nitrogens is 1. The molecule has 88 valence electrons. The van der Waals surface area contributed by atoms with Crippen molar-refractivity contribution in [2.45, 2.75) is 13.3 Å². The third-order valence-electron chi connectivity index (χ3n) is 2.29. The van der Waals surface area contributed by atoms with Crippen molar-refractivity contribution in [2.24, 2.45) is 0 Å². The van der Waals surface area contributed by atoms with E-state index < -0.39 is 5.95 Å². The summed E-state index contributed by atoms with van der Waals surface area (Å²) in [4.78, 5) is 16.1. The summed E-state index contributed by atoms with van der Waals surface area (Å²) in [6, 6.07) is 6.21. The minimum Gasteiger partial charge on any atom is -0.306 e. The largest absolute Gasteiger partial charge is 0.306 e. The van der Waals surface area contributed by atoms with E-state index in [0.29, 0.717) is 4.88 Å². The number of thiophene rings is 1. The zero-order valence-corrected chi connectivity index (χ0v) is 10.1. The Kier molecular flexibility index (Phi) is 3.49. The van der Waals surface area contributed by atoms with Gasteiger partial charge in [0.05, 0.1) is 4.88 Å². The number of hydrogen-bond donors (Lipinski definition) is 1. The molecule has 1 N–H and O–H groups in total. The average Bonchev–Trinajstić information content (AvgIpc) is 2.77. The van der Waals surface area contributed by atoms with E-state index in [9.17, 15) is 9.18 Å². The van der Waals surface area contributed by atoms with Gasteiger partial charge in [0.1, 0.15) is 5.82 Å². The maximum absolute atomic E-state index is 12.8. The molecule has 0 aliphatic rings. The Labute approximate surface area is 102 Å². The van der Waals surface area contributed by atoms with Gasteiger partial charge in [-0.2, -0.15) is 4.39 Å². The summed E-state index contributed by atoms with van der Waals surface area (Å²) in [7, 11) is 0. The zero-order valence-electron chi connectivity index (χ0n) is 9.24. The molecule has 2 aromatic heterocycles. The number of nitrogens with zero attached hydrogens (tertiary/aromatic N) is 1. The van der Waals surface area contributed by atoms with Gasteiger partial charge in [0.15, 0.2) is 0 Å². The smallest absolute Gasteiger partial charge is 0.267 e. The first-order valence-corrected chi connectivity index (χ1v) is 6.09. The van der Waals surface area contributed by atoms with E-state index in [2.05, 4.69) is 10.3 Å². The summed E-state index contributed by atoms with van der Waals surface area (Å²) in [5.74, 6) is -0.620. The Morgan fingerprint density at radius 3 is 3.00 bits per heavy atom. The molecule has 5 heteroatoms. The van der Waals surface area contributed by atoms with Crippen molar-refractivity contribution in [3.8, 4) is 0 Å². The van der Waals surface area contributed by atoms with E-state index >= 15 is 0 Å². The molecular formula is C12H11FN2OS. The molecule has 2 aromatic rings. The van der Waals surface area contributed by atoms with Gasteiger partial charge in [0.25, 0.3) is 5.91 Å². The van der Waals surface area contributed by atoms with E-state index in [1.165, 1.54) is 23.5 Å². The monoisotopic (exact) mass is 250 g/mol. The van der Waals surface area contributed by atoms with Crippen LogP contribution in [0.15, 0.2) is 29.6 Å². The summed E-state index contributed by atoms with van der Waals surface area (Å²) in [5.41, 5.74) is 0.990. The Balaban J connectivity index is 2.17. The molecule has 0 atom stereocenters. The maximum atomic E-state index is 12.8. The van der Waals surface area contributed by atoms with Crippen molar-refractivity contribution in [2.75, 3.05) is 5.32 Å². The third-order valence-corrected chi connectivity index (χ3v) is 3.25. The number of anilines is 1. The van der Waals surface area contributed by atoms with Crippen LogP contribution in [0.3, 0.4) is 0 Å². The fraction of sp³-hybridized carbons (Fsp3) is 0.167. The lowest BCUT2D eigenvalue weighted by atomic mass is 10.2. The van der Waals surface area contributed by atoms with Gasteiger partial charge in [-0.25, -0.2) is 4.98 Å². The summed E-state index contributed by atoms with van der Waals surface area (Å²) >= 11 is 1.37. The highest BCUT2D eigenvalue weighted by molar-refractivity contribution is 7.12. The summed E-state index contributed by atoms with van der Waals surface area (Å²) in [6.45, 7) is 1.99. The predicted octanol–water partition coefficient (Wildman–Crippen LogP) is 3.10. The van der Waals surface area contributed by atoms with Crippen LogP contribution in [0.5, 0.6) is 0 Å². The Hall–Kier alpha value is -1.75. The van der Waals surface area contributed by atoms with Crippen LogP contribution in [0, 0.1) is 5.95 Å². The first-order valence-electron chi connectivity index (χ1n) is 5.21. The molecule has 0 fully saturated rings. The highest BCUT2D eigenvalue weighted by atomic mass is 32.1. The van der Waals surface area contributed by atoms with E-state index in [1.54, 1.807) is 6.07 Å². The number of hydrogen-bond acceptors (Lipinski definition) is 3. The number of rotatable bonds is 3. The highest BCUT2D eigenvalue weighted by Crippen LogP contribution is 2.18. The van der Waals surface area contributed by atoms with Crippen molar-refractivity contribution >= 4 is 23.1 Å². The standard InChI is InChI=1S/C12H11FN2OS/c1-2-8-6-7-17-11(8)12(16)15-10-5-3-4-9(13)14-10/h3-7H,2H2,1H3,(H,14,15,16).